The van der Waals surface area contributed by atoms with Crippen LogP contribution in [0.5, 0.6) is 0 Å². The summed E-state index contributed by atoms with van der Waals surface area (Å²) in [5.74, 6) is -0.0839. The van der Waals surface area contributed by atoms with Crippen molar-refractivity contribution in [1.82, 2.24) is 0 Å². The molecule has 4 N–H and O–H groups in total. The van der Waals surface area contributed by atoms with E-state index < -0.39 is 0 Å². The monoisotopic (exact) mass is 244 g/mol. The summed E-state index contributed by atoms with van der Waals surface area (Å²) < 4.78 is 13.4. The minimum absolute atomic E-state index is 0.185. The van der Waals surface area contributed by atoms with Crippen LogP contribution in [0, 0.1) is 18.7 Å². The van der Waals surface area contributed by atoms with E-state index in [0.29, 0.717) is 22.7 Å². The number of hydrogen-bond acceptors (Lipinski definition) is 2. The molecule has 0 heterocycles. The Labute approximate surface area is 101 Å². The van der Waals surface area contributed by atoms with E-state index in [-0.39, 0.29) is 17.8 Å². The van der Waals surface area contributed by atoms with E-state index in [1.165, 1.54) is 6.07 Å². The highest BCUT2D eigenvalue weighted by atomic mass is 35.5. The molecule has 0 saturated heterocycles. The third-order valence-corrected chi connectivity index (χ3v) is 3.20. The van der Waals surface area contributed by atoms with Gasteiger partial charge in [0.2, 0.25) is 0 Å². The number of rotatable bonds is 4. The van der Waals surface area contributed by atoms with Gasteiger partial charge in [-0.25, -0.2) is 4.39 Å². The highest BCUT2D eigenvalue weighted by Gasteiger charge is 2.18. The molecule has 0 aromatic heterocycles. The zero-order chi connectivity index (χ0) is 12.3. The molecule has 90 valence electrons. The normalized spacial score (nSPS) is 14.9. The summed E-state index contributed by atoms with van der Waals surface area (Å²) in [7, 11) is 0. The minimum Gasteiger partial charge on any atom is -0.330 e. The Balaban J connectivity index is 2.99. The second-order valence-electron chi connectivity index (χ2n) is 4.20. The fraction of sp³-hybridized carbons (Fsp3) is 0.500. The Bertz CT molecular complexity index is 368. The molecule has 1 aromatic carbocycles. The number of benzene rings is 1. The van der Waals surface area contributed by atoms with Crippen LogP contribution in [0.3, 0.4) is 0 Å². The van der Waals surface area contributed by atoms with Gasteiger partial charge in [0.25, 0.3) is 0 Å². The molecule has 0 bridgehead atoms. The second-order valence-corrected chi connectivity index (χ2v) is 4.61. The standard InChI is InChI=1S/C12H18ClFN2/c1-7(3-4-15)12(16)9-6-11(14)8(2)5-10(9)13/h5-7,12H,3-4,15-16H2,1-2H3. The first-order valence-corrected chi connectivity index (χ1v) is 5.76. The Hall–Kier alpha value is -0.640. The molecule has 4 heteroatoms. The molecule has 0 aliphatic heterocycles. The maximum Gasteiger partial charge on any atom is 0.126 e. The molecule has 1 aromatic rings. The quantitative estimate of drug-likeness (QED) is 0.856. The van der Waals surface area contributed by atoms with E-state index in [4.69, 9.17) is 23.1 Å². The van der Waals surface area contributed by atoms with Crippen molar-refractivity contribution in [3.8, 4) is 0 Å². The molecule has 0 fully saturated rings. The first kappa shape index (κ1) is 13.4. The molecule has 0 spiro atoms. The molecular formula is C12H18ClFN2. The van der Waals surface area contributed by atoms with Crippen molar-refractivity contribution in [2.24, 2.45) is 17.4 Å². The van der Waals surface area contributed by atoms with Crippen LogP contribution in [0.1, 0.15) is 30.5 Å². The van der Waals surface area contributed by atoms with Gasteiger partial charge in [-0.1, -0.05) is 18.5 Å². The van der Waals surface area contributed by atoms with Crippen molar-refractivity contribution < 1.29 is 4.39 Å². The van der Waals surface area contributed by atoms with Crippen LogP contribution >= 0.6 is 11.6 Å². The number of hydrogen-bond donors (Lipinski definition) is 2. The number of halogens is 2. The molecule has 1 rings (SSSR count). The molecule has 0 aliphatic rings. The molecule has 0 radical (unpaired) electrons. The van der Waals surface area contributed by atoms with Crippen LogP contribution in [-0.2, 0) is 0 Å². The van der Waals surface area contributed by atoms with Crippen LogP contribution in [-0.4, -0.2) is 6.54 Å². The SMILES string of the molecule is Cc1cc(Cl)c(C(N)C(C)CCN)cc1F. The van der Waals surface area contributed by atoms with Gasteiger partial charge < -0.3 is 11.5 Å². The Morgan fingerprint density at radius 3 is 2.62 bits per heavy atom. The maximum atomic E-state index is 13.4. The van der Waals surface area contributed by atoms with Crippen LogP contribution in [0.4, 0.5) is 4.39 Å². The van der Waals surface area contributed by atoms with Crippen molar-refractivity contribution in [3.63, 3.8) is 0 Å². The zero-order valence-corrected chi connectivity index (χ0v) is 10.4. The third-order valence-electron chi connectivity index (χ3n) is 2.87. The summed E-state index contributed by atoms with van der Waals surface area (Å²) >= 11 is 6.06. The Morgan fingerprint density at radius 2 is 2.06 bits per heavy atom. The fourth-order valence-electron chi connectivity index (χ4n) is 1.67. The van der Waals surface area contributed by atoms with Gasteiger partial charge in [-0.2, -0.15) is 0 Å². The molecule has 0 aliphatic carbocycles. The van der Waals surface area contributed by atoms with Gasteiger partial charge in [0.15, 0.2) is 0 Å². The van der Waals surface area contributed by atoms with Gasteiger partial charge in [0, 0.05) is 11.1 Å². The van der Waals surface area contributed by atoms with Crippen LogP contribution in [0.2, 0.25) is 5.02 Å². The first-order valence-electron chi connectivity index (χ1n) is 5.38. The van der Waals surface area contributed by atoms with Gasteiger partial charge >= 0.3 is 0 Å². The fourth-order valence-corrected chi connectivity index (χ4v) is 2.01. The summed E-state index contributed by atoms with van der Waals surface area (Å²) in [6, 6.07) is 2.77. The van der Waals surface area contributed by atoms with Crippen molar-refractivity contribution in [3.05, 3.63) is 34.1 Å². The van der Waals surface area contributed by atoms with Crippen molar-refractivity contribution in [2.45, 2.75) is 26.3 Å². The zero-order valence-electron chi connectivity index (χ0n) is 9.63. The summed E-state index contributed by atoms with van der Waals surface area (Å²) in [5, 5.41) is 0.523. The van der Waals surface area contributed by atoms with Crippen LogP contribution in [0.15, 0.2) is 12.1 Å². The van der Waals surface area contributed by atoms with E-state index in [1.54, 1.807) is 13.0 Å². The maximum absolute atomic E-state index is 13.4. The lowest BCUT2D eigenvalue weighted by Crippen LogP contribution is -2.22. The number of aryl methyl sites for hydroxylation is 1. The molecule has 2 atom stereocenters. The molecule has 0 saturated carbocycles. The lowest BCUT2D eigenvalue weighted by molar-refractivity contribution is 0.442. The Morgan fingerprint density at radius 1 is 1.44 bits per heavy atom. The van der Waals surface area contributed by atoms with Gasteiger partial charge in [0.05, 0.1) is 0 Å². The highest BCUT2D eigenvalue weighted by Crippen LogP contribution is 2.29. The molecule has 16 heavy (non-hydrogen) atoms. The van der Waals surface area contributed by atoms with Gasteiger partial charge in [-0.15, -0.1) is 0 Å². The third kappa shape index (κ3) is 2.94. The van der Waals surface area contributed by atoms with Crippen molar-refractivity contribution in [1.29, 1.82) is 0 Å². The average molecular weight is 245 g/mol. The number of nitrogens with two attached hydrogens (primary N) is 2. The molecular weight excluding hydrogens is 227 g/mol. The Kier molecular flexibility index (Phi) is 4.71. The van der Waals surface area contributed by atoms with Crippen LogP contribution < -0.4 is 11.5 Å². The average Bonchev–Trinajstić information content (AvgIpc) is 2.23. The van der Waals surface area contributed by atoms with Crippen molar-refractivity contribution in [2.75, 3.05) is 6.54 Å². The molecule has 0 amide bonds. The summed E-state index contributed by atoms with van der Waals surface area (Å²) in [4.78, 5) is 0. The molecule has 2 nitrogen and oxygen atoms in total. The predicted molar refractivity (Wildman–Crippen MR) is 65.9 cm³/mol. The minimum atomic E-state index is -0.272. The lowest BCUT2D eigenvalue weighted by Gasteiger charge is -2.21. The van der Waals surface area contributed by atoms with E-state index in [1.807, 2.05) is 6.92 Å². The van der Waals surface area contributed by atoms with Crippen molar-refractivity contribution >= 4 is 11.6 Å². The second kappa shape index (κ2) is 5.62. The summed E-state index contributed by atoms with van der Waals surface area (Å²) in [6.07, 6.45) is 0.799. The van der Waals surface area contributed by atoms with Gasteiger partial charge in [-0.05, 0) is 49.1 Å². The summed E-state index contributed by atoms with van der Waals surface area (Å²) in [6.45, 7) is 4.24. The molecule has 2 unspecified atom stereocenters. The van der Waals surface area contributed by atoms with Gasteiger partial charge in [0.1, 0.15) is 5.82 Å². The van der Waals surface area contributed by atoms with E-state index in [0.717, 1.165) is 6.42 Å². The lowest BCUT2D eigenvalue weighted by atomic mass is 9.92. The first-order chi connectivity index (χ1) is 7.47. The van der Waals surface area contributed by atoms with E-state index in [9.17, 15) is 4.39 Å². The topological polar surface area (TPSA) is 52.0 Å². The highest BCUT2D eigenvalue weighted by molar-refractivity contribution is 6.31. The van der Waals surface area contributed by atoms with Gasteiger partial charge in [-0.3, -0.25) is 0 Å². The van der Waals surface area contributed by atoms with Crippen LogP contribution in [0.25, 0.3) is 0 Å². The largest absolute Gasteiger partial charge is 0.330 e. The smallest absolute Gasteiger partial charge is 0.126 e. The predicted octanol–water partition coefficient (Wildman–Crippen LogP) is 2.77. The van der Waals surface area contributed by atoms with E-state index >= 15 is 0 Å². The summed E-state index contributed by atoms with van der Waals surface area (Å²) in [5.41, 5.74) is 12.7. The van der Waals surface area contributed by atoms with E-state index in [2.05, 4.69) is 0 Å².